The van der Waals surface area contributed by atoms with Crippen LogP contribution in [0.2, 0.25) is 6.04 Å². The first-order valence-electron chi connectivity index (χ1n) is 10.9. The first-order valence-corrected chi connectivity index (χ1v) is 12.9. The zero-order valence-corrected chi connectivity index (χ0v) is 19.1. The number of hydrogen-bond acceptors (Lipinski definition) is 7. The van der Waals surface area contributed by atoms with Gasteiger partial charge < -0.3 is 18.0 Å². The zero-order chi connectivity index (χ0) is 21.7. The van der Waals surface area contributed by atoms with Crippen LogP contribution < -0.4 is 17.1 Å². The highest BCUT2D eigenvalue weighted by Crippen LogP contribution is 2.29. The van der Waals surface area contributed by atoms with Gasteiger partial charge in [-0.2, -0.15) is 0 Å². The monoisotopic (exact) mass is 443 g/mol. The maximum absolute atomic E-state index is 13.0. The third-order valence-electron chi connectivity index (χ3n) is 5.27. The van der Waals surface area contributed by atoms with Gasteiger partial charge in [-0.3, -0.25) is 0 Å². The molecule has 1 aromatic heterocycles. The molecule has 0 amide bonds. The quantitative estimate of drug-likeness (QED) is 0.303. The Kier molecular flexibility index (Phi) is 7.85. The summed E-state index contributed by atoms with van der Waals surface area (Å²) in [4.78, 5) is 38.7. The summed E-state index contributed by atoms with van der Waals surface area (Å²) >= 11 is 0. The molecule has 1 aromatic rings. The van der Waals surface area contributed by atoms with Gasteiger partial charge in [0.25, 0.3) is 0 Å². The Morgan fingerprint density at radius 1 is 0.867 bits per heavy atom. The maximum Gasteiger partial charge on any atom is 0.500 e. The molecule has 0 aromatic carbocycles. The Bertz CT molecular complexity index is 816. The molecule has 1 aliphatic carbocycles. The van der Waals surface area contributed by atoms with Gasteiger partial charge >= 0.3 is 25.9 Å². The molecular weight excluding hydrogens is 410 g/mol. The molecule has 170 valence electrons. The van der Waals surface area contributed by atoms with E-state index in [1.807, 2.05) is 20.8 Å². The van der Waals surface area contributed by atoms with Crippen LogP contribution in [0.25, 0.3) is 0 Å². The van der Waals surface area contributed by atoms with Crippen molar-refractivity contribution < 1.29 is 18.0 Å². The van der Waals surface area contributed by atoms with Crippen molar-refractivity contribution in [2.24, 2.45) is 5.92 Å². The third kappa shape index (κ3) is 5.58. The maximum atomic E-state index is 13.0. The van der Waals surface area contributed by atoms with E-state index in [4.69, 9.17) is 18.0 Å². The molecule has 1 unspecified atom stereocenters. The number of rotatable bonds is 14. The summed E-state index contributed by atoms with van der Waals surface area (Å²) in [5, 5.41) is 0. The fourth-order valence-electron chi connectivity index (χ4n) is 3.58. The van der Waals surface area contributed by atoms with Crippen LogP contribution in [0.3, 0.4) is 0 Å². The predicted molar refractivity (Wildman–Crippen MR) is 112 cm³/mol. The van der Waals surface area contributed by atoms with Gasteiger partial charge in [-0.15, -0.1) is 0 Å². The average molecular weight is 444 g/mol. The molecule has 0 radical (unpaired) electrons. The fraction of sp³-hybridized carbons (Fsp3) is 0.842. The second-order valence-electron chi connectivity index (χ2n) is 7.70. The minimum atomic E-state index is -2.87. The normalized spacial score (nSPS) is 18.7. The third-order valence-corrected chi connectivity index (χ3v) is 8.42. The van der Waals surface area contributed by atoms with Gasteiger partial charge in [0, 0.05) is 39.0 Å². The number of ether oxygens (including phenoxy) is 1. The zero-order valence-electron chi connectivity index (χ0n) is 18.1. The molecule has 0 spiro atoms. The number of nitrogens with zero attached hydrogens (tertiary/aromatic N) is 3. The highest BCUT2D eigenvalue weighted by molar-refractivity contribution is 6.60. The van der Waals surface area contributed by atoms with Crippen LogP contribution >= 0.6 is 0 Å². The molecule has 2 aliphatic rings. The van der Waals surface area contributed by atoms with Crippen LogP contribution in [0.5, 0.6) is 0 Å². The van der Waals surface area contributed by atoms with E-state index < -0.39 is 25.9 Å². The van der Waals surface area contributed by atoms with Crippen LogP contribution in [-0.2, 0) is 37.6 Å². The first-order chi connectivity index (χ1) is 14.4. The summed E-state index contributed by atoms with van der Waals surface area (Å²) in [6.07, 6.45) is 2.34. The van der Waals surface area contributed by atoms with Crippen molar-refractivity contribution >= 4 is 8.80 Å². The highest BCUT2D eigenvalue weighted by atomic mass is 28.4. The molecule has 11 heteroatoms. The van der Waals surface area contributed by atoms with Crippen molar-refractivity contribution in [1.82, 2.24) is 13.7 Å². The van der Waals surface area contributed by atoms with E-state index in [1.54, 1.807) is 0 Å². The minimum Gasteiger partial charge on any atom is -0.374 e. The van der Waals surface area contributed by atoms with E-state index in [0.717, 1.165) is 22.0 Å². The number of hydrogen-bond donors (Lipinski definition) is 0. The fourth-order valence-corrected chi connectivity index (χ4v) is 6.17. The van der Waals surface area contributed by atoms with Crippen LogP contribution in [-0.4, -0.2) is 55.0 Å². The van der Waals surface area contributed by atoms with Crippen molar-refractivity contribution in [3.05, 3.63) is 31.5 Å². The molecule has 1 aliphatic heterocycles. The van der Waals surface area contributed by atoms with Gasteiger partial charge in [0.15, 0.2) is 0 Å². The number of epoxide rings is 1. The van der Waals surface area contributed by atoms with Gasteiger partial charge in [0.1, 0.15) is 0 Å². The summed E-state index contributed by atoms with van der Waals surface area (Å²) in [5.74, 6) is 0.334. The smallest absolute Gasteiger partial charge is 0.374 e. The number of aromatic nitrogens is 3. The summed E-state index contributed by atoms with van der Waals surface area (Å²) in [6.45, 7) is 8.29. The topological polar surface area (TPSA) is 106 Å². The second kappa shape index (κ2) is 10.2. The molecule has 0 N–H and O–H groups in total. The van der Waals surface area contributed by atoms with Gasteiger partial charge in [-0.05, 0) is 46.0 Å². The summed E-state index contributed by atoms with van der Waals surface area (Å²) < 4.78 is 26.2. The van der Waals surface area contributed by atoms with Crippen molar-refractivity contribution in [1.29, 1.82) is 0 Å². The highest BCUT2D eigenvalue weighted by Gasteiger charge is 2.40. The Morgan fingerprint density at radius 3 is 1.83 bits per heavy atom. The van der Waals surface area contributed by atoms with Crippen molar-refractivity contribution in [2.45, 2.75) is 71.8 Å². The molecule has 3 rings (SSSR count). The molecule has 1 atom stereocenters. The lowest BCUT2D eigenvalue weighted by atomic mass is 10.4. The van der Waals surface area contributed by atoms with Gasteiger partial charge in [0.2, 0.25) is 0 Å². The van der Waals surface area contributed by atoms with E-state index in [9.17, 15) is 14.4 Å². The van der Waals surface area contributed by atoms with Crippen molar-refractivity contribution in [3.8, 4) is 0 Å². The van der Waals surface area contributed by atoms with Crippen LogP contribution in [0.4, 0.5) is 0 Å². The van der Waals surface area contributed by atoms with Crippen LogP contribution in [0.1, 0.15) is 40.0 Å². The largest absolute Gasteiger partial charge is 0.500 e. The van der Waals surface area contributed by atoms with E-state index >= 15 is 0 Å². The first kappa shape index (κ1) is 23.1. The molecule has 1 saturated heterocycles. The molecule has 30 heavy (non-hydrogen) atoms. The molecule has 2 heterocycles. The van der Waals surface area contributed by atoms with E-state index in [0.29, 0.717) is 51.4 Å². The lowest BCUT2D eigenvalue weighted by Crippen LogP contribution is -2.55. The van der Waals surface area contributed by atoms with Gasteiger partial charge in [0.05, 0.1) is 19.3 Å². The van der Waals surface area contributed by atoms with Crippen LogP contribution in [0.15, 0.2) is 14.4 Å². The minimum absolute atomic E-state index is 0.135. The Hall–Kier alpha value is -1.53. The molecule has 2 fully saturated rings. The predicted octanol–water partition coefficient (Wildman–Crippen LogP) is 0.419. The standard InChI is InChI=1S/C19H33N3O7Si/c1-4-27-30(28-5-2,29-6-3)11-7-10-20-17(23)21(12-15-8-9-15)19(25)22(18(20)24)13-16-14-26-16/h15-16H,4-14H2,1-3H3. The Morgan fingerprint density at radius 2 is 1.37 bits per heavy atom. The average Bonchev–Trinajstić information content (AvgIpc) is 3.61. The van der Waals surface area contributed by atoms with E-state index in [1.165, 1.54) is 4.57 Å². The second-order valence-corrected chi connectivity index (χ2v) is 10.4. The SMILES string of the molecule is CCO[Si](CCCn1c(=O)n(CC2CC2)c(=O)n(CC2CO2)c1=O)(OCC)OCC. The van der Waals surface area contributed by atoms with Crippen molar-refractivity contribution in [2.75, 3.05) is 26.4 Å². The molecule has 10 nitrogen and oxygen atoms in total. The lowest BCUT2D eigenvalue weighted by molar-refractivity contribution is 0.0704. The summed E-state index contributed by atoms with van der Waals surface area (Å²) in [5.41, 5.74) is -1.66. The molecule has 0 bridgehead atoms. The Labute approximate surface area is 176 Å². The molecule has 1 saturated carbocycles. The molecular formula is C19H33N3O7Si. The Balaban J connectivity index is 1.84. The summed E-state index contributed by atoms with van der Waals surface area (Å²) in [6, 6.07) is 0.488. The van der Waals surface area contributed by atoms with E-state index in [2.05, 4.69) is 0 Å². The van der Waals surface area contributed by atoms with Crippen molar-refractivity contribution in [3.63, 3.8) is 0 Å². The summed E-state index contributed by atoms with van der Waals surface area (Å²) in [7, 11) is -2.87. The van der Waals surface area contributed by atoms with Gasteiger partial charge in [-0.1, -0.05) is 0 Å². The van der Waals surface area contributed by atoms with E-state index in [-0.39, 0.29) is 19.2 Å². The van der Waals surface area contributed by atoms with Gasteiger partial charge in [-0.25, -0.2) is 28.1 Å². The van der Waals surface area contributed by atoms with Crippen LogP contribution in [0, 0.1) is 5.92 Å². The lowest BCUT2D eigenvalue weighted by Gasteiger charge is -2.28.